The molecule has 2 aromatic heterocycles. The van der Waals surface area contributed by atoms with Gasteiger partial charge in [0.2, 0.25) is 11.7 Å². The van der Waals surface area contributed by atoms with Crippen LogP contribution in [0.4, 0.5) is 10.1 Å². The van der Waals surface area contributed by atoms with E-state index in [-0.39, 0.29) is 12.2 Å². The summed E-state index contributed by atoms with van der Waals surface area (Å²) in [5.74, 6) is -0.449. The zero-order chi connectivity index (χ0) is 14.7. The third-order valence-corrected chi connectivity index (χ3v) is 3.49. The molecule has 8 heteroatoms. The van der Waals surface area contributed by atoms with Crippen molar-refractivity contribution in [1.82, 2.24) is 20.2 Å². The van der Waals surface area contributed by atoms with Gasteiger partial charge in [-0.15, -0.1) is 21.5 Å². The molecular weight excluding hydrogens is 293 g/mol. The highest BCUT2D eigenvalue weighted by Gasteiger charge is 2.11. The number of aromatic nitrogens is 4. The first-order valence-corrected chi connectivity index (χ1v) is 6.96. The van der Waals surface area contributed by atoms with Crippen molar-refractivity contribution in [3.63, 3.8) is 0 Å². The smallest absolute Gasteiger partial charge is 0.248 e. The van der Waals surface area contributed by atoms with E-state index < -0.39 is 11.7 Å². The second-order valence-electron chi connectivity index (χ2n) is 4.15. The van der Waals surface area contributed by atoms with Gasteiger partial charge in [-0.1, -0.05) is 18.2 Å². The van der Waals surface area contributed by atoms with Crippen LogP contribution in [0.25, 0.3) is 10.7 Å². The lowest BCUT2D eigenvalue weighted by Crippen LogP contribution is -2.21. The number of carbonyl (C=O) groups is 1. The Labute approximate surface area is 123 Å². The minimum absolute atomic E-state index is 0.126. The van der Waals surface area contributed by atoms with Crippen LogP contribution in [0.15, 0.2) is 41.8 Å². The molecule has 0 atom stereocenters. The molecule has 0 unspecified atom stereocenters. The van der Waals surface area contributed by atoms with Crippen molar-refractivity contribution >= 4 is 22.9 Å². The van der Waals surface area contributed by atoms with Crippen LogP contribution in [0.3, 0.4) is 0 Å². The van der Waals surface area contributed by atoms with Crippen molar-refractivity contribution in [2.45, 2.75) is 6.54 Å². The first-order chi connectivity index (χ1) is 10.2. The number of hydrogen-bond donors (Lipinski definition) is 1. The SMILES string of the molecule is O=C(Cn1nnc(-c2cccs2)n1)Nc1ccccc1F. The van der Waals surface area contributed by atoms with Crippen molar-refractivity contribution in [2.75, 3.05) is 5.32 Å². The van der Waals surface area contributed by atoms with Crippen LogP contribution in [-0.4, -0.2) is 26.1 Å². The number of carbonyl (C=O) groups excluding carboxylic acids is 1. The van der Waals surface area contributed by atoms with E-state index in [9.17, 15) is 9.18 Å². The molecule has 0 aliphatic carbocycles. The summed E-state index contributed by atoms with van der Waals surface area (Å²) in [6.07, 6.45) is 0. The molecule has 0 aliphatic heterocycles. The van der Waals surface area contributed by atoms with Crippen LogP contribution in [0.1, 0.15) is 0 Å². The molecule has 0 fully saturated rings. The fraction of sp³-hybridized carbons (Fsp3) is 0.0769. The average molecular weight is 303 g/mol. The first kappa shape index (κ1) is 13.4. The van der Waals surface area contributed by atoms with E-state index in [1.165, 1.54) is 28.3 Å². The van der Waals surface area contributed by atoms with Gasteiger partial charge in [-0.3, -0.25) is 4.79 Å². The summed E-state index contributed by atoms with van der Waals surface area (Å²) in [6, 6.07) is 9.70. The number of tetrazole rings is 1. The Hall–Kier alpha value is -2.61. The summed E-state index contributed by atoms with van der Waals surface area (Å²) in [5, 5.41) is 16.2. The zero-order valence-corrected chi connectivity index (χ0v) is 11.5. The van der Waals surface area contributed by atoms with Gasteiger partial charge in [0.25, 0.3) is 0 Å². The Morgan fingerprint density at radius 2 is 2.14 bits per heavy atom. The second kappa shape index (κ2) is 5.80. The molecule has 1 N–H and O–H groups in total. The standard InChI is InChI=1S/C13H10FN5OS/c14-9-4-1-2-5-10(9)15-12(20)8-19-17-13(16-18-19)11-6-3-7-21-11/h1-7H,8H2,(H,15,20). The Kier molecular flexibility index (Phi) is 3.69. The van der Waals surface area contributed by atoms with E-state index in [0.717, 1.165) is 4.88 Å². The minimum Gasteiger partial charge on any atom is -0.322 e. The molecule has 0 saturated heterocycles. The molecule has 0 radical (unpaired) electrons. The van der Waals surface area contributed by atoms with E-state index in [2.05, 4.69) is 20.7 Å². The molecule has 0 aliphatic rings. The van der Waals surface area contributed by atoms with E-state index in [1.807, 2.05) is 17.5 Å². The quantitative estimate of drug-likeness (QED) is 0.802. The van der Waals surface area contributed by atoms with Gasteiger partial charge in [0.05, 0.1) is 10.6 Å². The Bertz CT molecular complexity index is 756. The number of rotatable bonds is 4. The Morgan fingerprint density at radius 1 is 1.29 bits per heavy atom. The lowest BCUT2D eigenvalue weighted by atomic mass is 10.3. The van der Waals surface area contributed by atoms with Gasteiger partial charge in [-0.2, -0.15) is 4.80 Å². The van der Waals surface area contributed by atoms with E-state index in [1.54, 1.807) is 12.1 Å². The molecule has 0 spiro atoms. The van der Waals surface area contributed by atoms with Crippen LogP contribution in [0.5, 0.6) is 0 Å². The molecule has 3 aromatic rings. The molecule has 0 bridgehead atoms. The van der Waals surface area contributed by atoms with Gasteiger partial charge >= 0.3 is 0 Å². The van der Waals surface area contributed by atoms with Crippen LogP contribution in [0, 0.1) is 5.82 Å². The minimum atomic E-state index is -0.489. The summed E-state index contributed by atoms with van der Waals surface area (Å²) >= 11 is 1.48. The molecule has 0 saturated carbocycles. The van der Waals surface area contributed by atoms with Gasteiger partial charge in [0.15, 0.2) is 0 Å². The third-order valence-electron chi connectivity index (χ3n) is 2.63. The summed E-state index contributed by atoms with van der Waals surface area (Å²) in [4.78, 5) is 13.9. The molecule has 1 aromatic carbocycles. The predicted molar refractivity (Wildman–Crippen MR) is 76.2 cm³/mol. The van der Waals surface area contributed by atoms with Gasteiger partial charge < -0.3 is 5.32 Å². The predicted octanol–water partition coefficient (Wildman–Crippen LogP) is 2.18. The molecule has 106 valence electrons. The van der Waals surface area contributed by atoms with Crippen LogP contribution < -0.4 is 5.32 Å². The van der Waals surface area contributed by atoms with E-state index in [4.69, 9.17) is 0 Å². The maximum Gasteiger partial charge on any atom is 0.248 e. The van der Waals surface area contributed by atoms with E-state index >= 15 is 0 Å². The number of halogens is 1. The van der Waals surface area contributed by atoms with Crippen molar-refractivity contribution in [3.8, 4) is 10.7 Å². The Balaban J connectivity index is 1.67. The second-order valence-corrected chi connectivity index (χ2v) is 5.10. The maximum atomic E-state index is 13.4. The fourth-order valence-electron chi connectivity index (χ4n) is 1.70. The monoisotopic (exact) mass is 303 g/mol. The largest absolute Gasteiger partial charge is 0.322 e. The lowest BCUT2D eigenvalue weighted by molar-refractivity contribution is -0.117. The summed E-state index contributed by atoms with van der Waals surface area (Å²) in [7, 11) is 0. The van der Waals surface area contributed by atoms with Crippen molar-refractivity contribution in [1.29, 1.82) is 0 Å². The Morgan fingerprint density at radius 3 is 2.90 bits per heavy atom. The molecule has 1 amide bonds. The van der Waals surface area contributed by atoms with Crippen LogP contribution >= 0.6 is 11.3 Å². The fourth-order valence-corrected chi connectivity index (χ4v) is 2.34. The topological polar surface area (TPSA) is 72.7 Å². The normalized spacial score (nSPS) is 10.5. The summed E-state index contributed by atoms with van der Waals surface area (Å²) in [5.41, 5.74) is 0.126. The number of benzene rings is 1. The molecule has 6 nitrogen and oxygen atoms in total. The van der Waals surface area contributed by atoms with Gasteiger partial charge in [0, 0.05) is 0 Å². The molecule has 2 heterocycles. The first-order valence-electron chi connectivity index (χ1n) is 6.08. The molecule has 21 heavy (non-hydrogen) atoms. The number of nitrogens with zero attached hydrogens (tertiary/aromatic N) is 4. The number of hydrogen-bond acceptors (Lipinski definition) is 5. The third kappa shape index (κ3) is 3.11. The highest BCUT2D eigenvalue weighted by Crippen LogP contribution is 2.19. The van der Waals surface area contributed by atoms with Crippen molar-refractivity contribution in [2.24, 2.45) is 0 Å². The van der Waals surface area contributed by atoms with Crippen molar-refractivity contribution in [3.05, 3.63) is 47.6 Å². The lowest BCUT2D eigenvalue weighted by Gasteiger charge is -2.04. The van der Waals surface area contributed by atoms with Gasteiger partial charge in [0.1, 0.15) is 12.4 Å². The molecule has 3 rings (SSSR count). The van der Waals surface area contributed by atoms with Crippen LogP contribution in [-0.2, 0) is 11.3 Å². The summed E-state index contributed by atoms with van der Waals surface area (Å²) < 4.78 is 13.4. The maximum absolute atomic E-state index is 13.4. The van der Waals surface area contributed by atoms with Gasteiger partial charge in [-0.05, 0) is 28.8 Å². The number of amides is 1. The number of nitrogens with one attached hydrogen (secondary N) is 1. The number of thiophene rings is 1. The highest BCUT2D eigenvalue weighted by molar-refractivity contribution is 7.13. The van der Waals surface area contributed by atoms with E-state index in [0.29, 0.717) is 5.82 Å². The molecular formula is C13H10FN5OS. The summed E-state index contributed by atoms with van der Waals surface area (Å²) in [6.45, 7) is -0.132. The van der Waals surface area contributed by atoms with Crippen molar-refractivity contribution < 1.29 is 9.18 Å². The highest BCUT2D eigenvalue weighted by atomic mass is 32.1. The number of anilines is 1. The van der Waals surface area contributed by atoms with Gasteiger partial charge in [-0.25, -0.2) is 4.39 Å². The average Bonchev–Trinajstić information content (AvgIpc) is 3.12. The van der Waals surface area contributed by atoms with Crippen LogP contribution in [0.2, 0.25) is 0 Å². The zero-order valence-electron chi connectivity index (χ0n) is 10.7. The number of para-hydroxylation sites is 1.